The molecule has 0 radical (unpaired) electrons. The number of fused-ring (bicyclic) bond motifs is 1. The molecule has 5 nitrogen and oxygen atoms in total. The van der Waals surface area contributed by atoms with Gasteiger partial charge in [-0.25, -0.2) is 9.78 Å². The number of aromatic nitrogens is 1. The number of anilines is 2. The van der Waals surface area contributed by atoms with E-state index in [0.717, 1.165) is 15.9 Å². The van der Waals surface area contributed by atoms with Gasteiger partial charge in [0.2, 0.25) is 0 Å². The van der Waals surface area contributed by atoms with Crippen molar-refractivity contribution in [2.45, 2.75) is 0 Å². The predicted octanol–water partition coefficient (Wildman–Crippen LogP) is 3.84. The van der Waals surface area contributed by atoms with E-state index in [9.17, 15) is 4.79 Å². The molecule has 1 N–H and O–H groups in total. The lowest BCUT2D eigenvalue weighted by atomic mass is 10.2. The van der Waals surface area contributed by atoms with E-state index in [1.807, 2.05) is 30.3 Å². The van der Waals surface area contributed by atoms with Gasteiger partial charge in [-0.05, 0) is 30.3 Å². The predicted molar refractivity (Wildman–Crippen MR) is 88.2 cm³/mol. The van der Waals surface area contributed by atoms with E-state index in [-0.39, 0.29) is 6.03 Å². The fourth-order valence-electron chi connectivity index (χ4n) is 1.99. The number of amides is 2. The standard InChI is InChI=1S/C16H12N4OS/c1-20(12-5-3-2-4-6-12)16(21)19-15-18-13-8-7-11(10-17)9-14(13)22-15/h2-9H,1H3,(H,18,19,21). The maximum atomic E-state index is 12.2. The minimum absolute atomic E-state index is 0.259. The first-order valence-electron chi connectivity index (χ1n) is 6.58. The fraction of sp³-hybridized carbons (Fsp3) is 0.0625. The van der Waals surface area contributed by atoms with Gasteiger partial charge in [0.15, 0.2) is 5.13 Å². The topological polar surface area (TPSA) is 69.0 Å². The van der Waals surface area contributed by atoms with Crippen LogP contribution in [-0.4, -0.2) is 18.1 Å². The van der Waals surface area contributed by atoms with Gasteiger partial charge in [-0.2, -0.15) is 5.26 Å². The number of nitriles is 1. The summed E-state index contributed by atoms with van der Waals surface area (Å²) in [7, 11) is 1.70. The molecular weight excluding hydrogens is 296 g/mol. The second kappa shape index (κ2) is 5.84. The van der Waals surface area contributed by atoms with Gasteiger partial charge in [0, 0.05) is 12.7 Å². The lowest BCUT2D eigenvalue weighted by Gasteiger charge is -2.16. The van der Waals surface area contributed by atoms with Crippen LogP contribution in [0.5, 0.6) is 0 Å². The van der Waals surface area contributed by atoms with Crippen LogP contribution in [0.15, 0.2) is 48.5 Å². The maximum absolute atomic E-state index is 12.2. The second-order valence-electron chi connectivity index (χ2n) is 4.64. The number of carbonyl (C=O) groups is 1. The van der Waals surface area contributed by atoms with Crippen LogP contribution in [0.4, 0.5) is 15.6 Å². The third-order valence-electron chi connectivity index (χ3n) is 3.18. The van der Waals surface area contributed by atoms with E-state index < -0.39 is 0 Å². The van der Waals surface area contributed by atoms with Crippen LogP contribution >= 0.6 is 11.3 Å². The van der Waals surface area contributed by atoms with Crippen molar-refractivity contribution in [3.8, 4) is 6.07 Å². The minimum Gasteiger partial charge on any atom is -0.297 e. The third-order valence-corrected chi connectivity index (χ3v) is 4.11. The van der Waals surface area contributed by atoms with E-state index in [1.165, 1.54) is 16.2 Å². The van der Waals surface area contributed by atoms with Gasteiger partial charge in [-0.3, -0.25) is 10.2 Å². The van der Waals surface area contributed by atoms with Crippen LogP contribution in [0.25, 0.3) is 10.2 Å². The lowest BCUT2D eigenvalue weighted by molar-refractivity contribution is 0.258. The number of thiazole rings is 1. The molecule has 1 aromatic heterocycles. The largest absolute Gasteiger partial charge is 0.327 e. The van der Waals surface area contributed by atoms with Crippen LogP contribution in [0.3, 0.4) is 0 Å². The van der Waals surface area contributed by atoms with Crippen LogP contribution in [0.1, 0.15) is 5.56 Å². The summed E-state index contributed by atoms with van der Waals surface area (Å²) >= 11 is 1.35. The summed E-state index contributed by atoms with van der Waals surface area (Å²) in [5.41, 5.74) is 2.14. The number of urea groups is 1. The Kier molecular flexibility index (Phi) is 3.73. The Bertz CT molecular complexity index is 867. The number of benzene rings is 2. The van der Waals surface area contributed by atoms with Crippen molar-refractivity contribution < 1.29 is 4.79 Å². The number of hydrogen-bond donors (Lipinski definition) is 1. The summed E-state index contributed by atoms with van der Waals surface area (Å²) in [5, 5.41) is 12.2. The number of rotatable bonds is 2. The molecule has 0 fully saturated rings. The SMILES string of the molecule is CN(C(=O)Nc1nc2ccc(C#N)cc2s1)c1ccccc1. The highest BCUT2D eigenvalue weighted by Crippen LogP contribution is 2.27. The van der Waals surface area contributed by atoms with Gasteiger partial charge in [0.1, 0.15) is 0 Å². The maximum Gasteiger partial charge on any atom is 0.327 e. The van der Waals surface area contributed by atoms with Gasteiger partial charge < -0.3 is 0 Å². The zero-order valence-electron chi connectivity index (χ0n) is 11.8. The van der Waals surface area contributed by atoms with Crippen molar-refractivity contribution in [1.82, 2.24) is 4.98 Å². The summed E-state index contributed by atoms with van der Waals surface area (Å²) in [5.74, 6) is 0. The summed E-state index contributed by atoms with van der Waals surface area (Å²) in [4.78, 5) is 18.1. The Morgan fingerprint density at radius 2 is 2.05 bits per heavy atom. The molecule has 0 atom stereocenters. The van der Waals surface area contributed by atoms with Crippen LogP contribution < -0.4 is 10.2 Å². The fourth-order valence-corrected chi connectivity index (χ4v) is 2.89. The minimum atomic E-state index is -0.259. The van der Waals surface area contributed by atoms with Crippen molar-refractivity contribution in [1.29, 1.82) is 5.26 Å². The Labute approximate surface area is 131 Å². The molecule has 0 unspecified atom stereocenters. The molecule has 0 aliphatic rings. The average Bonchev–Trinajstić information content (AvgIpc) is 2.95. The number of para-hydroxylation sites is 1. The van der Waals surface area contributed by atoms with Crippen molar-refractivity contribution in [2.24, 2.45) is 0 Å². The molecule has 22 heavy (non-hydrogen) atoms. The normalized spacial score (nSPS) is 10.2. The average molecular weight is 308 g/mol. The third kappa shape index (κ3) is 2.75. The molecule has 0 saturated heterocycles. The van der Waals surface area contributed by atoms with Crippen LogP contribution in [-0.2, 0) is 0 Å². The first kappa shape index (κ1) is 14.0. The summed E-state index contributed by atoms with van der Waals surface area (Å²) in [6, 6.07) is 16.5. The Morgan fingerprint density at radius 1 is 1.27 bits per heavy atom. The zero-order valence-corrected chi connectivity index (χ0v) is 12.6. The molecule has 0 aliphatic heterocycles. The highest BCUT2D eigenvalue weighted by molar-refractivity contribution is 7.22. The highest BCUT2D eigenvalue weighted by Gasteiger charge is 2.13. The van der Waals surface area contributed by atoms with E-state index in [2.05, 4.69) is 16.4 Å². The van der Waals surface area contributed by atoms with Crippen LogP contribution in [0, 0.1) is 11.3 Å². The molecule has 2 amide bonds. The second-order valence-corrected chi connectivity index (χ2v) is 5.67. The van der Waals surface area contributed by atoms with Crippen LogP contribution in [0.2, 0.25) is 0 Å². The molecule has 0 saturated carbocycles. The smallest absolute Gasteiger partial charge is 0.297 e. The van der Waals surface area contributed by atoms with E-state index >= 15 is 0 Å². The molecule has 3 aromatic rings. The lowest BCUT2D eigenvalue weighted by Crippen LogP contribution is -2.30. The Morgan fingerprint density at radius 3 is 2.77 bits per heavy atom. The molecule has 0 bridgehead atoms. The van der Waals surface area contributed by atoms with Crippen molar-refractivity contribution in [3.05, 3.63) is 54.1 Å². The summed E-state index contributed by atoms with van der Waals surface area (Å²) < 4.78 is 0.872. The Balaban J connectivity index is 1.81. The molecule has 1 heterocycles. The number of carbonyl (C=O) groups excluding carboxylic acids is 1. The molecule has 6 heteroatoms. The van der Waals surface area contributed by atoms with Gasteiger partial charge in [0.25, 0.3) is 0 Å². The number of hydrogen-bond acceptors (Lipinski definition) is 4. The van der Waals surface area contributed by atoms with E-state index in [0.29, 0.717) is 10.7 Å². The van der Waals surface area contributed by atoms with Crippen molar-refractivity contribution in [3.63, 3.8) is 0 Å². The van der Waals surface area contributed by atoms with E-state index in [1.54, 1.807) is 25.2 Å². The molecule has 3 rings (SSSR count). The van der Waals surface area contributed by atoms with E-state index in [4.69, 9.17) is 5.26 Å². The Hall–Kier alpha value is -2.91. The first-order valence-corrected chi connectivity index (χ1v) is 7.39. The zero-order chi connectivity index (χ0) is 15.5. The summed E-state index contributed by atoms with van der Waals surface area (Å²) in [6.45, 7) is 0. The molecule has 0 spiro atoms. The number of nitrogens with zero attached hydrogens (tertiary/aromatic N) is 3. The molecular formula is C16H12N4OS. The van der Waals surface area contributed by atoms with Crippen molar-refractivity contribution in [2.75, 3.05) is 17.3 Å². The molecule has 2 aromatic carbocycles. The van der Waals surface area contributed by atoms with Gasteiger partial charge >= 0.3 is 6.03 Å². The van der Waals surface area contributed by atoms with Gasteiger partial charge in [0.05, 0.1) is 21.8 Å². The highest BCUT2D eigenvalue weighted by atomic mass is 32.1. The van der Waals surface area contributed by atoms with Gasteiger partial charge in [-0.15, -0.1) is 0 Å². The quantitative estimate of drug-likeness (QED) is 0.782. The molecule has 0 aliphatic carbocycles. The van der Waals surface area contributed by atoms with Gasteiger partial charge in [-0.1, -0.05) is 29.5 Å². The summed E-state index contributed by atoms with van der Waals surface area (Å²) in [6.07, 6.45) is 0. The van der Waals surface area contributed by atoms with Crippen molar-refractivity contribution >= 4 is 38.4 Å². The monoisotopic (exact) mass is 308 g/mol. The molecule has 108 valence electrons. The first-order chi connectivity index (χ1) is 10.7. The number of nitrogens with one attached hydrogen (secondary N) is 1.